The minimum absolute atomic E-state index is 0.0199. The lowest BCUT2D eigenvalue weighted by Gasteiger charge is -2.24. The second-order valence-corrected chi connectivity index (χ2v) is 4.86. The van der Waals surface area contributed by atoms with Gasteiger partial charge in [0.1, 0.15) is 5.75 Å². The molecule has 0 spiro atoms. The van der Waals surface area contributed by atoms with Crippen molar-refractivity contribution < 1.29 is 19.8 Å². The van der Waals surface area contributed by atoms with Gasteiger partial charge in [0, 0.05) is 12.6 Å². The number of carbonyl (C=O) groups excluding carboxylic acids is 1. The van der Waals surface area contributed by atoms with E-state index in [4.69, 9.17) is 5.11 Å². The highest BCUT2D eigenvalue weighted by molar-refractivity contribution is 5.97. The number of aryl methyl sites for hydroxylation is 1. The van der Waals surface area contributed by atoms with E-state index in [2.05, 4.69) is 0 Å². The molecule has 1 heterocycles. The zero-order chi connectivity index (χ0) is 14.0. The number of nitrogens with zero attached hydrogens (tertiary/aromatic N) is 1. The van der Waals surface area contributed by atoms with Crippen molar-refractivity contribution in [3.05, 3.63) is 29.3 Å². The number of para-hydroxylation sites is 1. The Hall–Kier alpha value is -2.04. The first-order valence-corrected chi connectivity index (χ1v) is 6.32. The molecule has 1 unspecified atom stereocenters. The smallest absolute Gasteiger partial charge is 0.305 e. The third kappa shape index (κ3) is 2.70. The highest BCUT2D eigenvalue weighted by Crippen LogP contribution is 2.27. The molecule has 1 atom stereocenters. The van der Waals surface area contributed by atoms with Gasteiger partial charge in [-0.3, -0.25) is 9.59 Å². The van der Waals surface area contributed by atoms with Gasteiger partial charge in [-0.2, -0.15) is 0 Å². The van der Waals surface area contributed by atoms with E-state index >= 15 is 0 Å². The fourth-order valence-electron chi connectivity index (χ4n) is 2.50. The topological polar surface area (TPSA) is 77.8 Å². The first-order chi connectivity index (χ1) is 9.00. The third-order valence-corrected chi connectivity index (χ3v) is 3.52. The molecule has 1 aromatic rings. The lowest BCUT2D eigenvalue weighted by atomic mass is 10.1. The summed E-state index contributed by atoms with van der Waals surface area (Å²) in [5.41, 5.74) is 0.886. The molecule has 102 valence electrons. The standard InChI is InChI=1S/C14H17NO4/c1-9-4-2-6-11(13(9)18)14(19)15-7-3-5-10(15)8-12(16)17/h2,4,6,10,18H,3,5,7-8H2,1H3,(H,16,17). The zero-order valence-corrected chi connectivity index (χ0v) is 10.8. The molecule has 0 aliphatic carbocycles. The van der Waals surface area contributed by atoms with Crippen molar-refractivity contribution in [2.45, 2.75) is 32.2 Å². The van der Waals surface area contributed by atoms with Crippen LogP contribution in [0.4, 0.5) is 0 Å². The van der Waals surface area contributed by atoms with Crippen molar-refractivity contribution >= 4 is 11.9 Å². The summed E-state index contributed by atoms with van der Waals surface area (Å²) in [4.78, 5) is 24.7. The minimum Gasteiger partial charge on any atom is -0.507 e. The van der Waals surface area contributed by atoms with Gasteiger partial charge in [0.05, 0.1) is 12.0 Å². The van der Waals surface area contributed by atoms with E-state index in [9.17, 15) is 14.7 Å². The van der Waals surface area contributed by atoms with E-state index in [-0.39, 0.29) is 29.7 Å². The summed E-state index contributed by atoms with van der Waals surface area (Å²) in [6.07, 6.45) is 1.46. The second-order valence-electron chi connectivity index (χ2n) is 4.86. The Kier molecular flexibility index (Phi) is 3.74. The average molecular weight is 263 g/mol. The van der Waals surface area contributed by atoms with Crippen LogP contribution in [0, 0.1) is 6.92 Å². The van der Waals surface area contributed by atoms with Crippen molar-refractivity contribution in [2.75, 3.05) is 6.54 Å². The maximum atomic E-state index is 12.4. The number of aliphatic carboxylic acids is 1. The van der Waals surface area contributed by atoms with Crippen LogP contribution < -0.4 is 0 Å². The molecule has 2 N–H and O–H groups in total. The van der Waals surface area contributed by atoms with Crippen molar-refractivity contribution in [1.82, 2.24) is 4.90 Å². The molecule has 1 aliphatic rings. The molecule has 0 saturated carbocycles. The number of benzene rings is 1. The molecule has 1 amide bonds. The van der Waals surface area contributed by atoms with Crippen LogP contribution in [0.5, 0.6) is 5.75 Å². The number of amides is 1. The van der Waals surface area contributed by atoms with Gasteiger partial charge < -0.3 is 15.1 Å². The first-order valence-electron chi connectivity index (χ1n) is 6.32. The number of carbonyl (C=O) groups is 2. The molecule has 1 aliphatic heterocycles. The van der Waals surface area contributed by atoms with Crippen LogP contribution in [-0.4, -0.2) is 39.6 Å². The van der Waals surface area contributed by atoms with E-state index in [0.717, 1.165) is 6.42 Å². The molecular weight excluding hydrogens is 246 g/mol. The van der Waals surface area contributed by atoms with Crippen LogP contribution in [0.25, 0.3) is 0 Å². The van der Waals surface area contributed by atoms with Gasteiger partial charge in [-0.1, -0.05) is 12.1 Å². The van der Waals surface area contributed by atoms with Gasteiger partial charge in [-0.15, -0.1) is 0 Å². The number of phenols is 1. The van der Waals surface area contributed by atoms with E-state index in [0.29, 0.717) is 18.5 Å². The van der Waals surface area contributed by atoms with Crippen LogP contribution in [-0.2, 0) is 4.79 Å². The number of phenolic OH excluding ortho intramolecular Hbond substituents is 1. The molecule has 5 heteroatoms. The molecule has 0 radical (unpaired) electrons. The predicted octanol–water partition coefficient (Wildman–Crippen LogP) is 1.78. The molecule has 5 nitrogen and oxygen atoms in total. The Balaban J connectivity index is 2.23. The van der Waals surface area contributed by atoms with E-state index in [1.807, 2.05) is 0 Å². The SMILES string of the molecule is Cc1cccc(C(=O)N2CCCC2CC(=O)O)c1O. The van der Waals surface area contributed by atoms with E-state index in [1.54, 1.807) is 30.0 Å². The number of aromatic hydroxyl groups is 1. The number of hydrogen-bond acceptors (Lipinski definition) is 3. The number of carboxylic acids is 1. The molecule has 19 heavy (non-hydrogen) atoms. The van der Waals surface area contributed by atoms with E-state index < -0.39 is 5.97 Å². The number of hydrogen-bond donors (Lipinski definition) is 2. The van der Waals surface area contributed by atoms with Gasteiger partial charge in [-0.25, -0.2) is 0 Å². The van der Waals surface area contributed by atoms with Gasteiger partial charge in [0.25, 0.3) is 5.91 Å². The van der Waals surface area contributed by atoms with Crippen LogP contribution in [0.1, 0.15) is 35.2 Å². The summed E-state index contributed by atoms with van der Waals surface area (Å²) in [6, 6.07) is 4.74. The van der Waals surface area contributed by atoms with Crippen molar-refractivity contribution in [3.63, 3.8) is 0 Å². The fourth-order valence-corrected chi connectivity index (χ4v) is 2.50. The maximum Gasteiger partial charge on any atom is 0.305 e. The number of rotatable bonds is 3. The quantitative estimate of drug-likeness (QED) is 0.871. The van der Waals surface area contributed by atoms with Crippen molar-refractivity contribution in [1.29, 1.82) is 0 Å². The number of likely N-dealkylation sites (tertiary alicyclic amines) is 1. The summed E-state index contributed by atoms with van der Waals surface area (Å²) in [7, 11) is 0. The van der Waals surface area contributed by atoms with Crippen LogP contribution in [0.15, 0.2) is 18.2 Å². The normalized spacial score (nSPS) is 18.6. The molecule has 0 aromatic heterocycles. The van der Waals surface area contributed by atoms with E-state index in [1.165, 1.54) is 0 Å². The number of carboxylic acid groups (broad SMARTS) is 1. The fraction of sp³-hybridized carbons (Fsp3) is 0.429. The Morgan fingerprint density at radius 3 is 2.84 bits per heavy atom. The molecule has 1 fully saturated rings. The molecule has 0 bridgehead atoms. The molecule has 1 aromatic carbocycles. The molecule has 1 saturated heterocycles. The second kappa shape index (κ2) is 5.30. The summed E-state index contributed by atoms with van der Waals surface area (Å²) in [6.45, 7) is 2.27. The van der Waals surface area contributed by atoms with Gasteiger partial charge in [-0.05, 0) is 31.4 Å². The molecule has 2 rings (SSSR count). The summed E-state index contributed by atoms with van der Waals surface area (Å²) in [5, 5.41) is 18.8. The van der Waals surface area contributed by atoms with Gasteiger partial charge in [0.2, 0.25) is 0 Å². The lowest BCUT2D eigenvalue weighted by Crippen LogP contribution is -2.36. The highest BCUT2D eigenvalue weighted by atomic mass is 16.4. The maximum absolute atomic E-state index is 12.4. The third-order valence-electron chi connectivity index (χ3n) is 3.52. The van der Waals surface area contributed by atoms with Crippen LogP contribution in [0.3, 0.4) is 0 Å². The summed E-state index contributed by atoms with van der Waals surface area (Å²) >= 11 is 0. The summed E-state index contributed by atoms with van der Waals surface area (Å²) in [5.74, 6) is -1.21. The average Bonchev–Trinajstić information content (AvgIpc) is 2.79. The Morgan fingerprint density at radius 2 is 2.16 bits per heavy atom. The lowest BCUT2D eigenvalue weighted by molar-refractivity contribution is -0.137. The van der Waals surface area contributed by atoms with Crippen molar-refractivity contribution in [2.24, 2.45) is 0 Å². The van der Waals surface area contributed by atoms with Gasteiger partial charge >= 0.3 is 5.97 Å². The highest BCUT2D eigenvalue weighted by Gasteiger charge is 2.32. The van der Waals surface area contributed by atoms with Gasteiger partial charge in [0.15, 0.2) is 0 Å². The predicted molar refractivity (Wildman–Crippen MR) is 69.2 cm³/mol. The Bertz CT molecular complexity index is 512. The van der Waals surface area contributed by atoms with Crippen molar-refractivity contribution in [3.8, 4) is 5.75 Å². The summed E-state index contributed by atoms with van der Waals surface area (Å²) < 4.78 is 0. The Labute approximate surface area is 111 Å². The minimum atomic E-state index is -0.904. The van der Waals surface area contributed by atoms with Crippen LogP contribution in [0.2, 0.25) is 0 Å². The Morgan fingerprint density at radius 1 is 1.42 bits per heavy atom. The van der Waals surface area contributed by atoms with Crippen LogP contribution >= 0.6 is 0 Å². The monoisotopic (exact) mass is 263 g/mol. The molecular formula is C14H17NO4. The first kappa shape index (κ1) is 13.4. The zero-order valence-electron chi connectivity index (χ0n) is 10.8. The largest absolute Gasteiger partial charge is 0.507 e.